The van der Waals surface area contributed by atoms with E-state index < -0.39 is 0 Å². The van der Waals surface area contributed by atoms with Crippen LogP contribution in [0.1, 0.15) is 36.8 Å². The van der Waals surface area contributed by atoms with Gasteiger partial charge in [-0.25, -0.2) is 5.84 Å². The fourth-order valence-electron chi connectivity index (χ4n) is 2.20. The maximum absolute atomic E-state index is 6.01. The number of hydrogen-bond acceptors (Lipinski definition) is 2. The number of nitrogens with one attached hydrogen (secondary N) is 1. The predicted octanol–water partition coefficient (Wildman–Crippen LogP) is 2.80. The molecule has 1 fully saturated rings. The fourth-order valence-corrected chi connectivity index (χ4v) is 2.32. The third-order valence-corrected chi connectivity index (χ3v) is 3.63. The Kier molecular flexibility index (Phi) is 4.02. The Bertz CT molecular complexity index is 423. The molecule has 0 saturated heterocycles. The van der Waals surface area contributed by atoms with Gasteiger partial charge in [0.15, 0.2) is 0 Å². The lowest BCUT2D eigenvalue weighted by molar-refractivity contribution is 0.701. The molecule has 0 aliphatic heterocycles. The van der Waals surface area contributed by atoms with E-state index in [0.717, 1.165) is 34.8 Å². The van der Waals surface area contributed by atoms with Crippen molar-refractivity contribution in [3.63, 3.8) is 0 Å². The number of halogens is 1. The van der Waals surface area contributed by atoms with Gasteiger partial charge in [0.05, 0.1) is 6.04 Å². The van der Waals surface area contributed by atoms with Crippen molar-refractivity contribution in [2.24, 2.45) is 10.8 Å². The van der Waals surface area contributed by atoms with Gasteiger partial charge in [0.2, 0.25) is 0 Å². The first-order valence-corrected chi connectivity index (χ1v) is 6.39. The minimum Gasteiger partial charge on any atom is -0.308 e. The molecule has 0 aromatic heterocycles. The largest absolute Gasteiger partial charge is 0.308 e. The van der Waals surface area contributed by atoms with E-state index in [4.69, 9.17) is 17.4 Å². The van der Waals surface area contributed by atoms with Gasteiger partial charge < -0.3 is 5.43 Å². The van der Waals surface area contributed by atoms with Gasteiger partial charge in [-0.05, 0) is 43.5 Å². The van der Waals surface area contributed by atoms with Crippen LogP contribution in [-0.4, -0.2) is 11.9 Å². The average molecular weight is 252 g/mol. The Morgan fingerprint density at radius 3 is 2.71 bits per heavy atom. The summed E-state index contributed by atoms with van der Waals surface area (Å²) in [5, 5.41) is 0.769. The lowest BCUT2D eigenvalue weighted by Gasteiger charge is -2.10. The van der Waals surface area contributed by atoms with Gasteiger partial charge in [-0.15, -0.1) is 0 Å². The highest BCUT2D eigenvalue weighted by Gasteiger charge is 2.15. The summed E-state index contributed by atoms with van der Waals surface area (Å²) in [6, 6.07) is 6.25. The Hall–Kier alpha value is -1.06. The van der Waals surface area contributed by atoms with E-state index in [-0.39, 0.29) is 0 Å². The highest BCUT2D eigenvalue weighted by molar-refractivity contribution is 6.31. The molecule has 3 nitrogen and oxygen atoms in total. The Morgan fingerprint density at radius 2 is 2.12 bits per heavy atom. The molecule has 1 aliphatic rings. The standard InChI is InChI=1S/C13H18ClN3/c1-9-8-10(6-7-12(9)14)13(17-15)16-11-4-2-3-5-11/h6-8,11H,2-5,15H2,1H3,(H,16,17). The second-order valence-electron chi connectivity index (χ2n) is 4.52. The van der Waals surface area contributed by atoms with Crippen molar-refractivity contribution in [2.75, 3.05) is 0 Å². The molecule has 1 aliphatic carbocycles. The average Bonchev–Trinajstić information content (AvgIpc) is 2.82. The third kappa shape index (κ3) is 2.99. The number of nitrogens with two attached hydrogens (primary N) is 1. The number of aryl methyl sites for hydroxylation is 1. The molecule has 0 unspecified atom stereocenters. The minimum absolute atomic E-state index is 0.414. The maximum Gasteiger partial charge on any atom is 0.142 e. The molecule has 3 N–H and O–H groups in total. The number of hydrogen-bond donors (Lipinski definition) is 2. The number of amidine groups is 1. The predicted molar refractivity (Wildman–Crippen MR) is 72.3 cm³/mol. The van der Waals surface area contributed by atoms with Crippen LogP contribution in [0.5, 0.6) is 0 Å². The molecule has 0 radical (unpaired) electrons. The zero-order valence-corrected chi connectivity index (χ0v) is 10.8. The van der Waals surface area contributed by atoms with Crippen molar-refractivity contribution >= 4 is 17.4 Å². The van der Waals surface area contributed by atoms with Crippen molar-refractivity contribution in [1.82, 2.24) is 5.43 Å². The molecule has 0 spiro atoms. The molecule has 1 saturated carbocycles. The van der Waals surface area contributed by atoms with Crippen LogP contribution in [0.25, 0.3) is 0 Å². The lowest BCUT2D eigenvalue weighted by Crippen LogP contribution is -2.32. The molecular weight excluding hydrogens is 234 g/mol. The number of hydrazine groups is 1. The maximum atomic E-state index is 6.01. The molecule has 0 bridgehead atoms. The minimum atomic E-state index is 0.414. The molecule has 0 amide bonds. The van der Waals surface area contributed by atoms with E-state index in [9.17, 15) is 0 Å². The van der Waals surface area contributed by atoms with Crippen LogP contribution in [0.15, 0.2) is 23.2 Å². The van der Waals surface area contributed by atoms with E-state index in [0.29, 0.717) is 6.04 Å². The first-order chi connectivity index (χ1) is 8.20. The van der Waals surface area contributed by atoms with Crippen LogP contribution in [0.3, 0.4) is 0 Å². The summed E-state index contributed by atoms with van der Waals surface area (Å²) >= 11 is 6.01. The molecule has 1 aromatic rings. The van der Waals surface area contributed by atoms with Gasteiger partial charge in [-0.3, -0.25) is 4.99 Å². The number of benzene rings is 1. The van der Waals surface area contributed by atoms with E-state index in [1.165, 1.54) is 12.8 Å². The van der Waals surface area contributed by atoms with Gasteiger partial charge in [-0.1, -0.05) is 24.4 Å². The highest BCUT2D eigenvalue weighted by Crippen LogP contribution is 2.22. The van der Waals surface area contributed by atoms with Gasteiger partial charge in [0.1, 0.15) is 5.84 Å². The normalized spacial score (nSPS) is 17.5. The van der Waals surface area contributed by atoms with Crippen LogP contribution in [0.2, 0.25) is 5.02 Å². The molecule has 17 heavy (non-hydrogen) atoms. The van der Waals surface area contributed by atoms with Crippen LogP contribution in [0, 0.1) is 6.92 Å². The summed E-state index contributed by atoms with van der Waals surface area (Å²) in [4.78, 5) is 4.67. The van der Waals surface area contributed by atoms with Crippen LogP contribution in [0.4, 0.5) is 0 Å². The third-order valence-electron chi connectivity index (χ3n) is 3.20. The summed E-state index contributed by atoms with van der Waals surface area (Å²) in [6.07, 6.45) is 4.87. The van der Waals surface area contributed by atoms with Crippen LogP contribution in [-0.2, 0) is 0 Å². The molecular formula is C13H18ClN3. The lowest BCUT2D eigenvalue weighted by atomic mass is 10.1. The summed E-state index contributed by atoms with van der Waals surface area (Å²) < 4.78 is 0. The molecule has 4 heteroatoms. The quantitative estimate of drug-likeness (QED) is 0.368. The van der Waals surface area contributed by atoms with Gasteiger partial charge in [0, 0.05) is 10.6 Å². The SMILES string of the molecule is Cc1cc(C(=NC2CCCC2)NN)ccc1Cl. The van der Waals surface area contributed by atoms with E-state index in [1.54, 1.807) is 0 Å². The van der Waals surface area contributed by atoms with Crippen molar-refractivity contribution in [1.29, 1.82) is 0 Å². The number of nitrogens with zero attached hydrogens (tertiary/aromatic N) is 1. The summed E-state index contributed by atoms with van der Waals surface area (Å²) in [6.45, 7) is 1.98. The summed E-state index contributed by atoms with van der Waals surface area (Å²) in [5.74, 6) is 6.32. The van der Waals surface area contributed by atoms with Crippen molar-refractivity contribution in [3.05, 3.63) is 34.3 Å². The van der Waals surface area contributed by atoms with Crippen molar-refractivity contribution in [2.45, 2.75) is 38.6 Å². The van der Waals surface area contributed by atoms with E-state index in [1.807, 2.05) is 25.1 Å². The number of aliphatic imine (C=N–C) groups is 1. The second kappa shape index (κ2) is 5.52. The van der Waals surface area contributed by atoms with E-state index >= 15 is 0 Å². The Morgan fingerprint density at radius 1 is 1.41 bits per heavy atom. The smallest absolute Gasteiger partial charge is 0.142 e. The topological polar surface area (TPSA) is 50.4 Å². The fraction of sp³-hybridized carbons (Fsp3) is 0.462. The first kappa shape index (κ1) is 12.4. The van der Waals surface area contributed by atoms with Gasteiger partial charge >= 0.3 is 0 Å². The van der Waals surface area contributed by atoms with Crippen molar-refractivity contribution < 1.29 is 0 Å². The highest BCUT2D eigenvalue weighted by atomic mass is 35.5. The molecule has 0 atom stereocenters. The Labute approximate surface area is 107 Å². The summed E-state index contributed by atoms with van der Waals surface area (Å²) in [5.41, 5.74) is 4.74. The Balaban J connectivity index is 2.24. The first-order valence-electron chi connectivity index (χ1n) is 6.01. The van der Waals surface area contributed by atoms with Gasteiger partial charge in [0.25, 0.3) is 0 Å². The molecule has 0 heterocycles. The summed E-state index contributed by atoms with van der Waals surface area (Å²) in [7, 11) is 0. The van der Waals surface area contributed by atoms with Gasteiger partial charge in [-0.2, -0.15) is 0 Å². The van der Waals surface area contributed by atoms with Crippen LogP contribution >= 0.6 is 11.6 Å². The monoisotopic (exact) mass is 251 g/mol. The molecule has 2 rings (SSSR count). The van der Waals surface area contributed by atoms with Crippen LogP contribution < -0.4 is 11.3 Å². The zero-order chi connectivity index (χ0) is 12.3. The second-order valence-corrected chi connectivity index (χ2v) is 4.93. The van der Waals surface area contributed by atoms with E-state index in [2.05, 4.69) is 10.4 Å². The molecule has 1 aromatic carbocycles. The zero-order valence-electron chi connectivity index (χ0n) is 10.0. The molecule has 92 valence electrons. The van der Waals surface area contributed by atoms with Crippen molar-refractivity contribution in [3.8, 4) is 0 Å². The number of rotatable bonds is 2.